The summed E-state index contributed by atoms with van der Waals surface area (Å²) < 4.78 is 36.1. The molecule has 3 nitrogen and oxygen atoms in total. The number of fused-ring (bicyclic) bond motifs is 1. The predicted octanol–water partition coefficient (Wildman–Crippen LogP) is 2.30. The van der Waals surface area contributed by atoms with Gasteiger partial charge in [-0.3, -0.25) is 0 Å². The molecule has 0 aromatic heterocycles. The zero-order valence-corrected chi connectivity index (χ0v) is 8.50. The van der Waals surface area contributed by atoms with Crippen molar-refractivity contribution in [2.75, 3.05) is 6.79 Å². The van der Waals surface area contributed by atoms with E-state index >= 15 is 0 Å². The highest BCUT2D eigenvalue weighted by atomic mass is 19.3. The second-order valence-electron chi connectivity index (χ2n) is 4.25. The molecule has 5 heteroatoms. The van der Waals surface area contributed by atoms with Gasteiger partial charge in [0.2, 0.25) is 6.79 Å². The van der Waals surface area contributed by atoms with Gasteiger partial charge in [-0.1, -0.05) is 0 Å². The Morgan fingerprint density at radius 1 is 1.19 bits per heavy atom. The molecule has 0 amide bonds. The minimum absolute atomic E-state index is 0.0377. The predicted molar refractivity (Wildman–Crippen MR) is 52.6 cm³/mol. The van der Waals surface area contributed by atoms with Gasteiger partial charge in [0.1, 0.15) is 0 Å². The average molecular weight is 227 g/mol. The Hall–Kier alpha value is -1.36. The van der Waals surface area contributed by atoms with E-state index in [0.29, 0.717) is 17.1 Å². The molecule has 1 aliphatic heterocycles. The summed E-state index contributed by atoms with van der Waals surface area (Å²) in [4.78, 5) is 0. The van der Waals surface area contributed by atoms with Gasteiger partial charge >= 0.3 is 0 Å². The summed E-state index contributed by atoms with van der Waals surface area (Å²) in [7, 11) is 0. The van der Waals surface area contributed by atoms with Crippen molar-refractivity contribution >= 4 is 0 Å². The minimum atomic E-state index is -2.54. The molecule has 0 radical (unpaired) electrons. The summed E-state index contributed by atoms with van der Waals surface area (Å²) in [5, 5.41) is 0. The summed E-state index contributed by atoms with van der Waals surface area (Å²) in [5.74, 6) is 0.888. The van der Waals surface area contributed by atoms with E-state index in [9.17, 15) is 8.78 Å². The minimum Gasteiger partial charge on any atom is -0.454 e. The highest BCUT2D eigenvalue weighted by molar-refractivity contribution is 5.52. The van der Waals surface area contributed by atoms with Crippen LogP contribution in [-0.4, -0.2) is 6.79 Å². The molecule has 0 saturated heterocycles. The molecule has 1 aliphatic carbocycles. The van der Waals surface area contributed by atoms with Crippen molar-refractivity contribution in [2.24, 2.45) is 5.73 Å². The first kappa shape index (κ1) is 9.84. The normalized spacial score (nSPS) is 20.2. The van der Waals surface area contributed by atoms with Crippen molar-refractivity contribution < 1.29 is 18.3 Å². The van der Waals surface area contributed by atoms with Gasteiger partial charge in [0.05, 0.1) is 0 Å². The molecule has 1 aromatic rings. The number of hydrogen-bond acceptors (Lipinski definition) is 3. The van der Waals surface area contributed by atoms with Crippen LogP contribution in [0.1, 0.15) is 30.4 Å². The molecule has 1 heterocycles. The maximum absolute atomic E-state index is 12.9. The first-order valence-corrected chi connectivity index (χ1v) is 5.11. The van der Waals surface area contributed by atoms with Crippen LogP contribution in [0.25, 0.3) is 0 Å². The van der Waals surface area contributed by atoms with E-state index in [1.165, 1.54) is 6.07 Å². The van der Waals surface area contributed by atoms with Gasteiger partial charge in [-0.05, 0) is 30.5 Å². The van der Waals surface area contributed by atoms with Crippen molar-refractivity contribution in [3.05, 3.63) is 23.3 Å². The van der Waals surface area contributed by atoms with Gasteiger partial charge in [-0.15, -0.1) is 0 Å². The van der Waals surface area contributed by atoms with Crippen LogP contribution in [0.4, 0.5) is 8.78 Å². The Kier molecular flexibility index (Phi) is 1.89. The van der Waals surface area contributed by atoms with Gasteiger partial charge in [0, 0.05) is 11.1 Å². The van der Waals surface area contributed by atoms with Crippen LogP contribution in [-0.2, 0) is 5.54 Å². The van der Waals surface area contributed by atoms with Crippen LogP contribution >= 0.6 is 0 Å². The van der Waals surface area contributed by atoms with Gasteiger partial charge < -0.3 is 15.2 Å². The van der Waals surface area contributed by atoms with Gasteiger partial charge in [0.25, 0.3) is 6.43 Å². The standard InChI is InChI=1S/C11H11F2NO2/c12-10(13)6-3-8-9(16-5-15-8)4-7(6)11(14)1-2-11/h3-4,10H,1-2,5,14H2. The Morgan fingerprint density at radius 2 is 1.81 bits per heavy atom. The lowest BCUT2D eigenvalue weighted by atomic mass is 9.98. The van der Waals surface area contributed by atoms with Crippen LogP contribution in [0.3, 0.4) is 0 Å². The number of rotatable bonds is 2. The zero-order valence-electron chi connectivity index (χ0n) is 8.50. The highest BCUT2D eigenvalue weighted by Gasteiger charge is 2.43. The monoisotopic (exact) mass is 227 g/mol. The Morgan fingerprint density at radius 3 is 2.38 bits per heavy atom. The van der Waals surface area contributed by atoms with Gasteiger partial charge in [-0.25, -0.2) is 8.78 Å². The van der Waals surface area contributed by atoms with Crippen molar-refractivity contribution in [3.8, 4) is 11.5 Å². The van der Waals surface area contributed by atoms with Crippen molar-refractivity contribution in [3.63, 3.8) is 0 Å². The van der Waals surface area contributed by atoms with Crippen molar-refractivity contribution in [1.29, 1.82) is 0 Å². The molecular formula is C11H11F2NO2. The molecule has 3 rings (SSSR count). The lowest BCUT2D eigenvalue weighted by molar-refractivity contribution is 0.148. The van der Waals surface area contributed by atoms with E-state index in [1.807, 2.05) is 0 Å². The topological polar surface area (TPSA) is 44.5 Å². The smallest absolute Gasteiger partial charge is 0.264 e. The number of halogens is 2. The van der Waals surface area contributed by atoms with E-state index in [0.717, 1.165) is 12.8 Å². The van der Waals surface area contributed by atoms with Crippen molar-refractivity contribution in [1.82, 2.24) is 0 Å². The van der Waals surface area contributed by atoms with E-state index in [2.05, 4.69) is 0 Å². The number of alkyl halides is 2. The van der Waals surface area contributed by atoms with Crippen molar-refractivity contribution in [2.45, 2.75) is 24.8 Å². The second-order valence-corrected chi connectivity index (χ2v) is 4.25. The Bertz CT molecular complexity index is 444. The second kappa shape index (κ2) is 3.07. The van der Waals surface area contributed by atoms with Gasteiger partial charge in [-0.2, -0.15) is 0 Å². The molecule has 86 valence electrons. The fourth-order valence-electron chi connectivity index (χ4n) is 1.97. The SMILES string of the molecule is NC1(c2cc3c(cc2C(F)F)OCO3)CC1. The van der Waals surface area contributed by atoms with Crippen LogP contribution in [0.2, 0.25) is 0 Å². The van der Waals surface area contributed by atoms with E-state index in [-0.39, 0.29) is 12.4 Å². The molecule has 2 aliphatic rings. The van der Waals surface area contributed by atoms with Gasteiger partial charge in [0.15, 0.2) is 11.5 Å². The maximum Gasteiger partial charge on any atom is 0.264 e. The lowest BCUT2D eigenvalue weighted by Crippen LogP contribution is -2.20. The average Bonchev–Trinajstić information content (AvgIpc) is 2.84. The maximum atomic E-state index is 12.9. The molecule has 1 aromatic carbocycles. The summed E-state index contributed by atoms with van der Waals surface area (Å²) in [6.45, 7) is 0.0824. The van der Waals surface area contributed by atoms with Crippen LogP contribution in [0, 0.1) is 0 Å². The molecule has 1 saturated carbocycles. The molecule has 2 N–H and O–H groups in total. The molecule has 1 fully saturated rings. The number of ether oxygens (including phenoxy) is 2. The number of benzene rings is 1. The molecular weight excluding hydrogens is 216 g/mol. The van der Waals surface area contributed by atoms with Crippen LogP contribution in [0.5, 0.6) is 11.5 Å². The highest BCUT2D eigenvalue weighted by Crippen LogP contribution is 2.49. The van der Waals surface area contributed by atoms with E-state index in [4.69, 9.17) is 15.2 Å². The molecule has 0 atom stereocenters. The summed E-state index contributed by atoms with van der Waals surface area (Å²) in [6.07, 6.45) is -1.05. The fourth-order valence-corrected chi connectivity index (χ4v) is 1.97. The third-order valence-electron chi connectivity index (χ3n) is 3.10. The first-order chi connectivity index (χ1) is 7.60. The lowest BCUT2D eigenvalue weighted by Gasteiger charge is -2.15. The van der Waals surface area contributed by atoms with E-state index in [1.54, 1.807) is 6.07 Å². The first-order valence-electron chi connectivity index (χ1n) is 5.11. The summed E-state index contributed by atoms with van der Waals surface area (Å²) in [6, 6.07) is 2.94. The Labute approximate surface area is 91.1 Å². The molecule has 0 bridgehead atoms. The van der Waals surface area contributed by atoms with Crippen LogP contribution in [0.15, 0.2) is 12.1 Å². The summed E-state index contributed by atoms with van der Waals surface area (Å²) in [5.41, 5.74) is 5.83. The van der Waals surface area contributed by atoms with E-state index < -0.39 is 12.0 Å². The third kappa shape index (κ3) is 1.35. The summed E-state index contributed by atoms with van der Waals surface area (Å²) >= 11 is 0. The van der Waals surface area contributed by atoms with Crippen LogP contribution < -0.4 is 15.2 Å². The molecule has 0 spiro atoms. The number of nitrogens with two attached hydrogens (primary N) is 1. The number of hydrogen-bond donors (Lipinski definition) is 1. The largest absolute Gasteiger partial charge is 0.454 e. The Balaban J connectivity index is 2.14. The zero-order chi connectivity index (χ0) is 11.3. The fraction of sp³-hybridized carbons (Fsp3) is 0.455. The third-order valence-corrected chi connectivity index (χ3v) is 3.10. The quantitative estimate of drug-likeness (QED) is 0.843. The molecule has 0 unspecified atom stereocenters. The molecule has 16 heavy (non-hydrogen) atoms.